The van der Waals surface area contributed by atoms with Crippen LogP contribution in [0.3, 0.4) is 0 Å². The van der Waals surface area contributed by atoms with Crippen LogP contribution in [0.4, 0.5) is 5.69 Å². The van der Waals surface area contributed by atoms with E-state index in [2.05, 4.69) is 35.1 Å². The van der Waals surface area contributed by atoms with Crippen molar-refractivity contribution < 1.29 is 9.59 Å². The molecule has 21 heavy (non-hydrogen) atoms. The molecule has 1 N–H and O–H groups in total. The number of anilines is 1. The molecule has 5 heteroatoms. The number of amides is 2. The number of carbonyl (C=O) groups is 2. The molecule has 1 aromatic carbocycles. The van der Waals surface area contributed by atoms with Gasteiger partial charge in [-0.3, -0.25) is 9.59 Å². The number of carbonyl (C=O) groups excluding carboxylic acids is 2. The summed E-state index contributed by atoms with van der Waals surface area (Å²) in [7, 11) is 0. The van der Waals surface area contributed by atoms with Gasteiger partial charge in [0, 0.05) is 29.7 Å². The number of likely N-dealkylation sites (tertiary alicyclic amines) is 1. The Morgan fingerprint density at radius 1 is 1.48 bits per heavy atom. The van der Waals surface area contributed by atoms with Crippen molar-refractivity contribution in [3.8, 4) is 0 Å². The Morgan fingerprint density at radius 2 is 2.19 bits per heavy atom. The van der Waals surface area contributed by atoms with Crippen LogP contribution < -0.4 is 5.32 Å². The Hall–Kier alpha value is -1.36. The molecule has 2 rings (SSSR count). The first-order chi connectivity index (χ1) is 9.86. The molecular weight excluding hydrogens is 332 g/mol. The molecule has 1 aromatic rings. The van der Waals surface area contributed by atoms with Crippen LogP contribution in [0, 0.1) is 18.8 Å². The average molecular weight is 353 g/mol. The number of aryl methyl sites for hydroxylation is 1. The molecule has 0 aliphatic carbocycles. The molecule has 0 bridgehead atoms. The summed E-state index contributed by atoms with van der Waals surface area (Å²) in [6.45, 7) is 7.35. The molecule has 0 radical (unpaired) electrons. The largest absolute Gasteiger partial charge is 0.342 e. The predicted molar refractivity (Wildman–Crippen MR) is 87.0 cm³/mol. The van der Waals surface area contributed by atoms with E-state index in [1.165, 1.54) is 0 Å². The van der Waals surface area contributed by atoms with E-state index in [-0.39, 0.29) is 17.7 Å². The lowest BCUT2D eigenvalue weighted by atomic mass is 10.1. The third-order valence-electron chi connectivity index (χ3n) is 3.62. The van der Waals surface area contributed by atoms with Gasteiger partial charge in [0.15, 0.2) is 0 Å². The topological polar surface area (TPSA) is 49.4 Å². The second-order valence-electron chi connectivity index (χ2n) is 6.04. The number of benzene rings is 1. The smallest absolute Gasteiger partial charge is 0.229 e. The van der Waals surface area contributed by atoms with Crippen molar-refractivity contribution >= 4 is 33.4 Å². The quantitative estimate of drug-likeness (QED) is 0.904. The fourth-order valence-corrected chi connectivity index (χ4v) is 3.04. The highest BCUT2D eigenvalue weighted by atomic mass is 79.9. The average Bonchev–Trinajstić information content (AvgIpc) is 2.74. The second-order valence-corrected chi connectivity index (χ2v) is 6.96. The lowest BCUT2D eigenvalue weighted by Gasteiger charge is -2.18. The van der Waals surface area contributed by atoms with Crippen molar-refractivity contribution in [1.29, 1.82) is 0 Å². The summed E-state index contributed by atoms with van der Waals surface area (Å²) in [6.07, 6.45) is 0.314. The third-order valence-corrected chi connectivity index (χ3v) is 4.11. The van der Waals surface area contributed by atoms with Crippen LogP contribution in [0.15, 0.2) is 22.7 Å². The number of nitrogens with one attached hydrogen (secondary N) is 1. The molecule has 1 unspecified atom stereocenters. The highest BCUT2D eigenvalue weighted by Gasteiger charge is 2.34. The number of nitrogens with zero attached hydrogens (tertiary/aromatic N) is 1. The highest BCUT2D eigenvalue weighted by Crippen LogP contribution is 2.24. The lowest BCUT2D eigenvalue weighted by Crippen LogP contribution is -2.31. The minimum absolute atomic E-state index is 0.0694. The van der Waals surface area contributed by atoms with Gasteiger partial charge in [0.1, 0.15) is 0 Å². The van der Waals surface area contributed by atoms with Gasteiger partial charge in [0.2, 0.25) is 11.8 Å². The van der Waals surface area contributed by atoms with Crippen LogP contribution >= 0.6 is 15.9 Å². The molecule has 1 aliphatic rings. The Labute approximate surface area is 134 Å². The maximum Gasteiger partial charge on any atom is 0.229 e. The Bertz CT molecular complexity index is 557. The molecule has 114 valence electrons. The second kappa shape index (κ2) is 6.60. The number of hydrogen-bond donors (Lipinski definition) is 1. The minimum Gasteiger partial charge on any atom is -0.342 e. The summed E-state index contributed by atoms with van der Waals surface area (Å²) in [5.41, 5.74) is 1.80. The van der Waals surface area contributed by atoms with E-state index in [0.29, 0.717) is 18.9 Å². The van der Waals surface area contributed by atoms with E-state index in [0.717, 1.165) is 22.3 Å². The summed E-state index contributed by atoms with van der Waals surface area (Å²) in [5, 5.41) is 2.94. The monoisotopic (exact) mass is 352 g/mol. The first-order valence-corrected chi connectivity index (χ1v) is 8.01. The zero-order valence-electron chi connectivity index (χ0n) is 12.6. The maximum absolute atomic E-state index is 12.3. The van der Waals surface area contributed by atoms with Gasteiger partial charge in [0.25, 0.3) is 0 Å². The van der Waals surface area contributed by atoms with Crippen molar-refractivity contribution in [3.05, 3.63) is 28.2 Å². The zero-order valence-corrected chi connectivity index (χ0v) is 14.2. The standard InChI is InChI=1S/C16H21BrN2O2/c1-10(2)8-19-9-12(7-15(19)20)16(21)18-14-5-4-13(17)6-11(14)3/h4-6,10,12H,7-9H2,1-3H3,(H,18,21). The van der Waals surface area contributed by atoms with Gasteiger partial charge in [-0.2, -0.15) is 0 Å². The lowest BCUT2D eigenvalue weighted by molar-refractivity contribution is -0.128. The van der Waals surface area contributed by atoms with E-state index < -0.39 is 0 Å². The molecular formula is C16H21BrN2O2. The number of rotatable bonds is 4. The van der Waals surface area contributed by atoms with E-state index in [1.807, 2.05) is 25.1 Å². The van der Waals surface area contributed by atoms with E-state index in [1.54, 1.807) is 4.90 Å². The first kappa shape index (κ1) is 16.0. The molecule has 4 nitrogen and oxygen atoms in total. The summed E-state index contributed by atoms with van der Waals surface area (Å²) in [4.78, 5) is 26.1. The van der Waals surface area contributed by atoms with Crippen molar-refractivity contribution in [2.45, 2.75) is 27.2 Å². The number of halogens is 1. The van der Waals surface area contributed by atoms with E-state index >= 15 is 0 Å². The van der Waals surface area contributed by atoms with Gasteiger partial charge in [-0.1, -0.05) is 29.8 Å². The van der Waals surface area contributed by atoms with Crippen LogP contribution in [0.25, 0.3) is 0 Å². The van der Waals surface area contributed by atoms with Crippen LogP contribution in [0.2, 0.25) is 0 Å². The van der Waals surface area contributed by atoms with Gasteiger partial charge < -0.3 is 10.2 Å². The summed E-state index contributed by atoms with van der Waals surface area (Å²) in [5.74, 6) is 0.181. The fraction of sp³-hybridized carbons (Fsp3) is 0.500. The summed E-state index contributed by atoms with van der Waals surface area (Å²) >= 11 is 3.40. The molecule has 0 spiro atoms. The van der Waals surface area contributed by atoms with Crippen molar-refractivity contribution in [1.82, 2.24) is 4.90 Å². The Kier molecular flexibility index (Phi) is 5.04. The van der Waals surface area contributed by atoms with Crippen molar-refractivity contribution in [2.24, 2.45) is 11.8 Å². The van der Waals surface area contributed by atoms with Gasteiger partial charge in [-0.05, 0) is 36.6 Å². The summed E-state index contributed by atoms with van der Waals surface area (Å²) < 4.78 is 0.983. The van der Waals surface area contributed by atoms with Crippen molar-refractivity contribution in [2.75, 3.05) is 18.4 Å². The minimum atomic E-state index is -0.251. The molecule has 1 saturated heterocycles. The van der Waals surface area contributed by atoms with Crippen LogP contribution in [0.1, 0.15) is 25.8 Å². The van der Waals surface area contributed by atoms with Gasteiger partial charge in [-0.25, -0.2) is 0 Å². The number of hydrogen-bond acceptors (Lipinski definition) is 2. The third kappa shape index (κ3) is 4.06. The zero-order chi connectivity index (χ0) is 15.6. The van der Waals surface area contributed by atoms with E-state index in [9.17, 15) is 9.59 Å². The predicted octanol–water partition coefficient (Wildman–Crippen LogP) is 3.20. The molecule has 1 fully saturated rings. The van der Waals surface area contributed by atoms with Crippen LogP contribution in [0.5, 0.6) is 0 Å². The Morgan fingerprint density at radius 3 is 2.81 bits per heavy atom. The SMILES string of the molecule is Cc1cc(Br)ccc1NC(=O)C1CC(=O)N(CC(C)C)C1. The van der Waals surface area contributed by atoms with Gasteiger partial charge in [0.05, 0.1) is 5.92 Å². The first-order valence-electron chi connectivity index (χ1n) is 7.21. The highest BCUT2D eigenvalue weighted by molar-refractivity contribution is 9.10. The molecule has 0 aromatic heterocycles. The molecule has 1 aliphatic heterocycles. The molecule has 1 heterocycles. The Balaban J connectivity index is 2.00. The molecule has 1 atom stereocenters. The molecule has 0 saturated carbocycles. The van der Waals surface area contributed by atoms with Gasteiger partial charge in [-0.15, -0.1) is 0 Å². The summed E-state index contributed by atoms with van der Waals surface area (Å²) in [6, 6.07) is 5.73. The van der Waals surface area contributed by atoms with Crippen LogP contribution in [-0.4, -0.2) is 29.8 Å². The molecule has 2 amide bonds. The van der Waals surface area contributed by atoms with Crippen molar-refractivity contribution in [3.63, 3.8) is 0 Å². The van der Waals surface area contributed by atoms with Gasteiger partial charge >= 0.3 is 0 Å². The maximum atomic E-state index is 12.3. The fourth-order valence-electron chi connectivity index (χ4n) is 2.57. The van der Waals surface area contributed by atoms with E-state index in [4.69, 9.17) is 0 Å². The normalized spacial score (nSPS) is 18.4. The van der Waals surface area contributed by atoms with Crippen LogP contribution in [-0.2, 0) is 9.59 Å².